The quantitative estimate of drug-likeness (QED) is 0.186. The van der Waals surface area contributed by atoms with E-state index in [0.717, 1.165) is 6.08 Å². The van der Waals surface area contributed by atoms with Crippen LogP contribution in [0.3, 0.4) is 0 Å². The Kier molecular flexibility index (Phi) is 17.4. The van der Waals surface area contributed by atoms with Gasteiger partial charge in [-0.05, 0) is 20.8 Å². The number of hydrogen-bond acceptors (Lipinski definition) is 10. The molecule has 0 N–H and O–H groups in total. The van der Waals surface area contributed by atoms with Crippen LogP contribution in [0.15, 0.2) is 11.6 Å². The highest BCUT2D eigenvalue weighted by atomic mass is 16.6. The number of nitrogens with zero attached hydrogens (tertiary/aromatic N) is 2. The van der Waals surface area contributed by atoms with Gasteiger partial charge < -0.3 is 38.2 Å². The molecule has 2 atom stereocenters. The van der Waals surface area contributed by atoms with Crippen molar-refractivity contribution in [3.63, 3.8) is 0 Å². The summed E-state index contributed by atoms with van der Waals surface area (Å²) in [6, 6.07) is 0. The van der Waals surface area contributed by atoms with E-state index in [-0.39, 0.29) is 5.57 Å². The molecule has 0 saturated carbocycles. The Hall–Kier alpha value is -2.54. The van der Waals surface area contributed by atoms with Gasteiger partial charge in [0.2, 0.25) is 0 Å². The van der Waals surface area contributed by atoms with Crippen molar-refractivity contribution in [2.75, 3.05) is 81.0 Å². The molecular weight excluding hydrogens is 464 g/mol. The van der Waals surface area contributed by atoms with E-state index in [0.29, 0.717) is 52.6 Å². The molecule has 0 heterocycles. The van der Waals surface area contributed by atoms with Crippen LogP contribution in [-0.2, 0) is 47.6 Å². The molecule has 0 aromatic heterocycles. The molecule has 0 aliphatic carbocycles. The summed E-state index contributed by atoms with van der Waals surface area (Å²) in [5, 5.41) is 0. The Labute approximate surface area is 207 Å². The fourth-order valence-electron chi connectivity index (χ4n) is 2.78. The molecule has 0 spiro atoms. The zero-order valence-electron chi connectivity index (χ0n) is 21.9. The molecule has 0 bridgehead atoms. The predicted octanol–water partition coefficient (Wildman–Crippen LogP) is 0.0389. The summed E-state index contributed by atoms with van der Waals surface area (Å²) in [6.07, 6.45) is -1.26. The van der Waals surface area contributed by atoms with Crippen molar-refractivity contribution in [1.82, 2.24) is 9.80 Å². The summed E-state index contributed by atoms with van der Waals surface area (Å²) in [5.41, 5.74) is -0.0785. The van der Waals surface area contributed by atoms with E-state index in [9.17, 15) is 19.2 Å². The standard InChI is InChI=1S/C23H40N2O10/c1-17(23(29)35-19(3)22(28)25(10-14-32-6)11-15-33-7)16-20(26)34-18(2)21(27)24(8-12-30-4)9-13-31-5/h16,18-19H,8-15H2,1-7H3/t18-,19-/m0/s1. The van der Waals surface area contributed by atoms with Crippen LogP contribution in [0.2, 0.25) is 0 Å². The lowest BCUT2D eigenvalue weighted by molar-refractivity contribution is -0.157. The van der Waals surface area contributed by atoms with Crippen LogP contribution in [0, 0.1) is 0 Å². The minimum absolute atomic E-state index is 0.0785. The van der Waals surface area contributed by atoms with Gasteiger partial charge in [-0.1, -0.05) is 0 Å². The summed E-state index contributed by atoms with van der Waals surface area (Å²) in [6.45, 7) is 6.69. The summed E-state index contributed by atoms with van der Waals surface area (Å²) >= 11 is 0. The number of carbonyl (C=O) groups is 4. The van der Waals surface area contributed by atoms with Gasteiger partial charge in [0.05, 0.1) is 26.4 Å². The molecule has 12 nitrogen and oxygen atoms in total. The van der Waals surface area contributed by atoms with Crippen molar-refractivity contribution < 1.29 is 47.6 Å². The van der Waals surface area contributed by atoms with Crippen LogP contribution in [0.25, 0.3) is 0 Å². The average Bonchev–Trinajstić information content (AvgIpc) is 2.83. The topological polar surface area (TPSA) is 130 Å². The smallest absolute Gasteiger partial charge is 0.334 e. The number of esters is 2. The Balaban J connectivity index is 5.01. The number of carbonyl (C=O) groups excluding carboxylic acids is 4. The van der Waals surface area contributed by atoms with Gasteiger partial charge in [-0.3, -0.25) is 9.59 Å². The van der Waals surface area contributed by atoms with Gasteiger partial charge in [0.1, 0.15) is 0 Å². The van der Waals surface area contributed by atoms with Gasteiger partial charge >= 0.3 is 11.9 Å². The lowest BCUT2D eigenvalue weighted by atomic mass is 10.2. The SMILES string of the molecule is COCCN(CCOC)C(=O)[C@H](C)OC(=O)C=C(C)C(=O)O[C@@H](C)C(=O)N(CCOC)CCOC. The molecule has 0 aliphatic rings. The molecule has 0 radical (unpaired) electrons. The Morgan fingerprint density at radius 1 is 0.657 bits per heavy atom. The Morgan fingerprint density at radius 3 is 1.34 bits per heavy atom. The minimum atomic E-state index is -1.09. The fraction of sp³-hybridized carbons (Fsp3) is 0.739. The molecule has 35 heavy (non-hydrogen) atoms. The second-order valence-electron chi connectivity index (χ2n) is 7.58. The molecule has 0 aromatic rings. The van der Waals surface area contributed by atoms with Crippen LogP contribution >= 0.6 is 0 Å². The third kappa shape index (κ3) is 13.2. The zero-order valence-corrected chi connectivity index (χ0v) is 21.9. The summed E-state index contributed by atoms with van der Waals surface area (Å²) < 4.78 is 30.4. The van der Waals surface area contributed by atoms with Crippen molar-refractivity contribution in [3.05, 3.63) is 11.6 Å². The number of hydrogen-bond donors (Lipinski definition) is 0. The molecular formula is C23H40N2O10. The molecule has 0 aromatic carbocycles. The molecule has 0 rings (SSSR count). The molecule has 0 fully saturated rings. The van der Waals surface area contributed by atoms with Crippen molar-refractivity contribution in [1.29, 1.82) is 0 Å². The first-order valence-electron chi connectivity index (χ1n) is 11.3. The van der Waals surface area contributed by atoms with E-state index in [4.69, 9.17) is 28.4 Å². The van der Waals surface area contributed by atoms with Crippen LogP contribution < -0.4 is 0 Å². The van der Waals surface area contributed by atoms with Gasteiger partial charge in [0.25, 0.3) is 11.8 Å². The third-order valence-electron chi connectivity index (χ3n) is 4.81. The van der Waals surface area contributed by atoms with Crippen molar-refractivity contribution in [2.45, 2.75) is 33.0 Å². The van der Waals surface area contributed by atoms with E-state index < -0.39 is 36.0 Å². The average molecular weight is 505 g/mol. The van der Waals surface area contributed by atoms with Crippen molar-refractivity contribution in [3.8, 4) is 0 Å². The lowest BCUT2D eigenvalue weighted by Crippen LogP contribution is -2.43. The van der Waals surface area contributed by atoms with Gasteiger partial charge in [-0.2, -0.15) is 0 Å². The lowest BCUT2D eigenvalue weighted by Gasteiger charge is -2.25. The van der Waals surface area contributed by atoms with E-state index in [1.54, 1.807) is 0 Å². The van der Waals surface area contributed by atoms with Crippen LogP contribution in [0.4, 0.5) is 0 Å². The van der Waals surface area contributed by atoms with Crippen LogP contribution in [0.1, 0.15) is 20.8 Å². The number of amides is 2. The summed E-state index contributed by atoms with van der Waals surface area (Å²) in [4.78, 5) is 52.8. The maximum absolute atomic E-state index is 12.6. The highest BCUT2D eigenvalue weighted by Crippen LogP contribution is 2.07. The minimum Gasteiger partial charge on any atom is -0.449 e. The highest BCUT2D eigenvalue weighted by molar-refractivity contribution is 5.97. The maximum Gasteiger partial charge on any atom is 0.334 e. The largest absolute Gasteiger partial charge is 0.449 e. The molecule has 0 aliphatic heterocycles. The second kappa shape index (κ2) is 18.7. The predicted molar refractivity (Wildman–Crippen MR) is 126 cm³/mol. The van der Waals surface area contributed by atoms with Crippen LogP contribution in [0.5, 0.6) is 0 Å². The first-order chi connectivity index (χ1) is 16.6. The van der Waals surface area contributed by atoms with E-state index >= 15 is 0 Å². The number of methoxy groups -OCH3 is 4. The van der Waals surface area contributed by atoms with Gasteiger partial charge in [-0.25, -0.2) is 9.59 Å². The molecule has 0 unspecified atom stereocenters. The van der Waals surface area contributed by atoms with Gasteiger partial charge in [0.15, 0.2) is 12.2 Å². The normalized spacial score (nSPS) is 13.1. The highest BCUT2D eigenvalue weighted by Gasteiger charge is 2.26. The van der Waals surface area contributed by atoms with E-state index in [1.807, 2.05) is 0 Å². The Morgan fingerprint density at radius 2 is 1.00 bits per heavy atom. The molecule has 0 saturated heterocycles. The molecule has 2 amide bonds. The maximum atomic E-state index is 12.6. The second-order valence-corrected chi connectivity index (χ2v) is 7.58. The monoisotopic (exact) mass is 504 g/mol. The number of ether oxygens (including phenoxy) is 6. The summed E-state index contributed by atoms with van der Waals surface area (Å²) in [5.74, 6) is -2.59. The third-order valence-corrected chi connectivity index (χ3v) is 4.81. The van der Waals surface area contributed by atoms with Gasteiger partial charge in [-0.15, -0.1) is 0 Å². The summed E-state index contributed by atoms with van der Waals surface area (Å²) in [7, 11) is 6.06. The number of rotatable bonds is 18. The van der Waals surface area contributed by atoms with Gasteiger partial charge in [0, 0.05) is 66.3 Å². The Bertz CT molecular complexity index is 682. The van der Waals surface area contributed by atoms with E-state index in [1.165, 1.54) is 59.0 Å². The van der Waals surface area contributed by atoms with Crippen molar-refractivity contribution in [2.24, 2.45) is 0 Å². The first-order valence-corrected chi connectivity index (χ1v) is 11.3. The fourth-order valence-corrected chi connectivity index (χ4v) is 2.78. The first kappa shape index (κ1) is 32.5. The van der Waals surface area contributed by atoms with E-state index in [2.05, 4.69) is 0 Å². The van der Waals surface area contributed by atoms with Crippen LogP contribution in [-0.4, -0.2) is 127 Å². The zero-order chi connectivity index (χ0) is 26.8. The molecule has 202 valence electrons. The molecule has 12 heteroatoms. The van der Waals surface area contributed by atoms with Crippen molar-refractivity contribution >= 4 is 23.8 Å².